The number of hydrogen-bond acceptors (Lipinski definition) is 2. The number of rotatable bonds is 1. The van der Waals surface area contributed by atoms with Gasteiger partial charge in [-0.3, -0.25) is 0 Å². The maximum Gasteiger partial charge on any atom is 0.122 e. The van der Waals surface area contributed by atoms with Gasteiger partial charge in [0, 0.05) is 25.0 Å². The van der Waals surface area contributed by atoms with Gasteiger partial charge in [-0.2, -0.15) is 0 Å². The molecule has 0 amide bonds. The predicted molar refractivity (Wildman–Crippen MR) is 43.3 cm³/mol. The highest BCUT2D eigenvalue weighted by atomic mass is 15.2. The highest BCUT2D eigenvalue weighted by molar-refractivity contribution is 5.06. The lowest BCUT2D eigenvalue weighted by Gasteiger charge is -2.16. The fourth-order valence-corrected chi connectivity index (χ4v) is 1.54. The average Bonchev–Trinajstić information content (AvgIpc) is 2.47. The third-order valence-electron chi connectivity index (χ3n) is 2.18. The van der Waals surface area contributed by atoms with E-state index in [1.165, 1.54) is 11.5 Å². The molecule has 2 rings (SSSR count). The van der Waals surface area contributed by atoms with E-state index in [1.807, 2.05) is 6.20 Å². The first-order chi connectivity index (χ1) is 5.42. The summed E-state index contributed by atoms with van der Waals surface area (Å²) < 4.78 is 2.32. The third-order valence-corrected chi connectivity index (χ3v) is 2.18. The van der Waals surface area contributed by atoms with Crippen LogP contribution in [-0.4, -0.2) is 16.1 Å². The van der Waals surface area contributed by atoms with Gasteiger partial charge in [-0.1, -0.05) is 6.92 Å². The van der Waals surface area contributed by atoms with E-state index in [9.17, 15) is 0 Å². The van der Waals surface area contributed by atoms with E-state index in [2.05, 4.69) is 21.8 Å². The molecule has 0 aromatic carbocycles. The molecule has 3 heteroatoms. The quantitative estimate of drug-likeness (QED) is 0.635. The standard InChI is InChI=1S/C8H13N3/c1-2-7-5-10-8-6-9-3-4-11(7)8/h5,9H,2-4,6H2,1H3. The first-order valence-electron chi connectivity index (χ1n) is 4.16. The molecule has 0 unspecified atom stereocenters. The lowest BCUT2D eigenvalue weighted by Crippen LogP contribution is -2.29. The smallest absolute Gasteiger partial charge is 0.122 e. The highest BCUT2D eigenvalue weighted by Crippen LogP contribution is 2.08. The van der Waals surface area contributed by atoms with Gasteiger partial charge in [-0.15, -0.1) is 0 Å². The summed E-state index contributed by atoms with van der Waals surface area (Å²) in [5.74, 6) is 1.19. The third kappa shape index (κ3) is 1.05. The second kappa shape index (κ2) is 2.66. The van der Waals surface area contributed by atoms with Crippen LogP contribution >= 0.6 is 0 Å². The average molecular weight is 151 g/mol. The van der Waals surface area contributed by atoms with Crippen LogP contribution in [-0.2, 0) is 19.5 Å². The molecule has 0 saturated carbocycles. The van der Waals surface area contributed by atoms with E-state index in [0.717, 1.165) is 26.1 Å². The zero-order valence-electron chi connectivity index (χ0n) is 6.80. The van der Waals surface area contributed by atoms with Crippen molar-refractivity contribution in [3.63, 3.8) is 0 Å². The van der Waals surface area contributed by atoms with Gasteiger partial charge < -0.3 is 9.88 Å². The molecule has 3 nitrogen and oxygen atoms in total. The number of hydrogen-bond donors (Lipinski definition) is 1. The number of nitrogens with one attached hydrogen (secondary N) is 1. The van der Waals surface area contributed by atoms with Crippen molar-refractivity contribution >= 4 is 0 Å². The fourth-order valence-electron chi connectivity index (χ4n) is 1.54. The van der Waals surface area contributed by atoms with Gasteiger partial charge in [0.1, 0.15) is 5.82 Å². The molecule has 1 aromatic rings. The SMILES string of the molecule is CCc1cnc2n1CCNC2. The molecule has 2 heterocycles. The molecule has 1 N–H and O–H groups in total. The zero-order chi connectivity index (χ0) is 7.68. The number of aryl methyl sites for hydroxylation is 1. The molecular weight excluding hydrogens is 138 g/mol. The van der Waals surface area contributed by atoms with Crippen LogP contribution in [0.1, 0.15) is 18.4 Å². The van der Waals surface area contributed by atoms with Crippen LogP contribution in [0, 0.1) is 0 Å². The molecule has 0 radical (unpaired) electrons. The molecule has 0 aliphatic carbocycles. The molecule has 1 aromatic heterocycles. The first kappa shape index (κ1) is 6.85. The van der Waals surface area contributed by atoms with Gasteiger partial charge in [0.2, 0.25) is 0 Å². The van der Waals surface area contributed by atoms with Crippen LogP contribution in [0.25, 0.3) is 0 Å². The topological polar surface area (TPSA) is 29.9 Å². The van der Waals surface area contributed by atoms with Crippen LogP contribution in [0.5, 0.6) is 0 Å². The van der Waals surface area contributed by atoms with Crippen molar-refractivity contribution in [2.75, 3.05) is 6.54 Å². The summed E-state index contributed by atoms with van der Waals surface area (Å²) in [4.78, 5) is 4.33. The maximum absolute atomic E-state index is 4.33. The van der Waals surface area contributed by atoms with Crippen LogP contribution in [0.3, 0.4) is 0 Å². The summed E-state index contributed by atoms with van der Waals surface area (Å²) in [5.41, 5.74) is 1.36. The predicted octanol–water partition coefficient (Wildman–Crippen LogP) is 0.549. The minimum atomic E-state index is 0.931. The molecule has 0 saturated heterocycles. The van der Waals surface area contributed by atoms with Crippen molar-refractivity contribution in [1.82, 2.24) is 14.9 Å². The Bertz CT molecular complexity index is 238. The Labute approximate surface area is 66.4 Å². The number of fused-ring (bicyclic) bond motifs is 1. The molecule has 0 spiro atoms. The Kier molecular flexibility index (Phi) is 1.66. The van der Waals surface area contributed by atoms with E-state index >= 15 is 0 Å². The van der Waals surface area contributed by atoms with Crippen molar-refractivity contribution in [2.24, 2.45) is 0 Å². The number of aromatic nitrogens is 2. The molecular formula is C8H13N3. The van der Waals surface area contributed by atoms with Crippen LogP contribution < -0.4 is 5.32 Å². The maximum atomic E-state index is 4.33. The summed E-state index contributed by atoms with van der Waals surface area (Å²) in [7, 11) is 0. The first-order valence-corrected chi connectivity index (χ1v) is 4.16. The van der Waals surface area contributed by atoms with Crippen molar-refractivity contribution in [3.8, 4) is 0 Å². The monoisotopic (exact) mass is 151 g/mol. The molecule has 1 aliphatic rings. The van der Waals surface area contributed by atoms with Gasteiger partial charge in [0.15, 0.2) is 0 Å². The summed E-state index contributed by atoms with van der Waals surface area (Å²) in [6, 6.07) is 0. The summed E-state index contributed by atoms with van der Waals surface area (Å²) >= 11 is 0. The Morgan fingerprint density at radius 2 is 2.64 bits per heavy atom. The molecule has 1 aliphatic heterocycles. The second-order valence-electron chi connectivity index (χ2n) is 2.85. The van der Waals surface area contributed by atoms with Crippen LogP contribution in [0.15, 0.2) is 6.20 Å². The lowest BCUT2D eigenvalue weighted by molar-refractivity contribution is 0.495. The largest absolute Gasteiger partial charge is 0.330 e. The van der Waals surface area contributed by atoms with Gasteiger partial charge in [0.05, 0.1) is 6.54 Å². The van der Waals surface area contributed by atoms with Crippen molar-refractivity contribution < 1.29 is 0 Å². The molecule has 0 fully saturated rings. The van der Waals surface area contributed by atoms with E-state index in [1.54, 1.807) is 0 Å². The Morgan fingerprint density at radius 3 is 3.45 bits per heavy atom. The van der Waals surface area contributed by atoms with Gasteiger partial charge in [0.25, 0.3) is 0 Å². The summed E-state index contributed by atoms with van der Waals surface area (Å²) in [6.07, 6.45) is 3.08. The summed E-state index contributed by atoms with van der Waals surface area (Å²) in [5, 5.41) is 3.30. The van der Waals surface area contributed by atoms with Gasteiger partial charge in [-0.05, 0) is 6.42 Å². The number of imidazole rings is 1. The fraction of sp³-hybridized carbons (Fsp3) is 0.625. The van der Waals surface area contributed by atoms with Crippen molar-refractivity contribution in [3.05, 3.63) is 17.7 Å². The number of nitrogens with zero attached hydrogens (tertiary/aromatic N) is 2. The Hall–Kier alpha value is -0.830. The van der Waals surface area contributed by atoms with Crippen molar-refractivity contribution in [1.29, 1.82) is 0 Å². The van der Waals surface area contributed by atoms with E-state index in [4.69, 9.17) is 0 Å². The van der Waals surface area contributed by atoms with E-state index in [-0.39, 0.29) is 0 Å². The molecule has 0 atom stereocenters. The Morgan fingerprint density at radius 1 is 1.73 bits per heavy atom. The summed E-state index contributed by atoms with van der Waals surface area (Å²) in [6.45, 7) is 5.27. The van der Waals surface area contributed by atoms with Crippen LogP contribution in [0.4, 0.5) is 0 Å². The molecule has 11 heavy (non-hydrogen) atoms. The van der Waals surface area contributed by atoms with Crippen LogP contribution in [0.2, 0.25) is 0 Å². The second-order valence-corrected chi connectivity index (χ2v) is 2.85. The van der Waals surface area contributed by atoms with Crippen molar-refractivity contribution in [2.45, 2.75) is 26.4 Å². The van der Waals surface area contributed by atoms with Gasteiger partial charge >= 0.3 is 0 Å². The highest BCUT2D eigenvalue weighted by Gasteiger charge is 2.11. The normalized spacial score (nSPS) is 16.5. The minimum absolute atomic E-state index is 0.931. The molecule has 0 bridgehead atoms. The molecule has 60 valence electrons. The minimum Gasteiger partial charge on any atom is -0.330 e. The van der Waals surface area contributed by atoms with E-state index in [0.29, 0.717) is 0 Å². The lowest BCUT2D eigenvalue weighted by atomic mass is 10.3. The Balaban J connectivity index is 2.38. The van der Waals surface area contributed by atoms with Gasteiger partial charge in [-0.25, -0.2) is 4.98 Å². The zero-order valence-corrected chi connectivity index (χ0v) is 6.80. The van der Waals surface area contributed by atoms with E-state index < -0.39 is 0 Å².